The van der Waals surface area contributed by atoms with Gasteiger partial charge in [-0.1, -0.05) is 18.9 Å². The van der Waals surface area contributed by atoms with E-state index in [1.165, 1.54) is 12.8 Å². The highest BCUT2D eigenvalue weighted by atomic mass is 16.5. The van der Waals surface area contributed by atoms with Crippen molar-refractivity contribution in [3.05, 3.63) is 23.9 Å². The predicted octanol–water partition coefficient (Wildman–Crippen LogP) is 2.28. The first-order chi connectivity index (χ1) is 7.27. The predicted molar refractivity (Wildman–Crippen MR) is 59.7 cm³/mol. The fourth-order valence-electron chi connectivity index (χ4n) is 1.60. The number of pyridine rings is 1. The first kappa shape index (κ1) is 10.4. The zero-order valence-electron chi connectivity index (χ0n) is 9.15. The molecule has 0 aliphatic heterocycles. The van der Waals surface area contributed by atoms with Crippen LogP contribution in [-0.2, 0) is 0 Å². The SMILES string of the molecule is C[C@@H](N)c1cccnc1OCCC1CC1. The van der Waals surface area contributed by atoms with Crippen LogP contribution in [0.4, 0.5) is 0 Å². The average Bonchev–Trinajstić information content (AvgIpc) is 3.02. The Bertz CT molecular complexity index is 321. The maximum absolute atomic E-state index is 5.84. The average molecular weight is 206 g/mol. The molecule has 0 saturated heterocycles. The molecule has 0 radical (unpaired) electrons. The third-order valence-corrected chi connectivity index (χ3v) is 2.75. The minimum absolute atomic E-state index is 0.0189. The summed E-state index contributed by atoms with van der Waals surface area (Å²) in [6, 6.07) is 3.85. The second kappa shape index (κ2) is 4.62. The number of hydrogen-bond donors (Lipinski definition) is 1. The largest absolute Gasteiger partial charge is 0.477 e. The summed E-state index contributed by atoms with van der Waals surface area (Å²) in [7, 11) is 0. The van der Waals surface area contributed by atoms with E-state index in [0.29, 0.717) is 5.88 Å². The summed E-state index contributed by atoms with van der Waals surface area (Å²) in [6.45, 7) is 2.71. The molecule has 1 fully saturated rings. The third-order valence-electron chi connectivity index (χ3n) is 2.75. The molecule has 2 rings (SSSR count). The second-order valence-electron chi connectivity index (χ2n) is 4.27. The van der Waals surface area contributed by atoms with Gasteiger partial charge in [-0.25, -0.2) is 4.98 Å². The van der Waals surface area contributed by atoms with E-state index < -0.39 is 0 Å². The molecule has 0 aromatic carbocycles. The van der Waals surface area contributed by atoms with Crippen molar-refractivity contribution in [1.82, 2.24) is 4.98 Å². The minimum atomic E-state index is -0.0189. The fourth-order valence-corrected chi connectivity index (χ4v) is 1.60. The zero-order valence-corrected chi connectivity index (χ0v) is 9.15. The first-order valence-electron chi connectivity index (χ1n) is 5.60. The van der Waals surface area contributed by atoms with Crippen molar-refractivity contribution in [2.24, 2.45) is 11.7 Å². The summed E-state index contributed by atoms with van der Waals surface area (Å²) in [5.41, 5.74) is 6.83. The van der Waals surface area contributed by atoms with Gasteiger partial charge in [0.2, 0.25) is 5.88 Å². The van der Waals surface area contributed by atoms with Crippen molar-refractivity contribution < 1.29 is 4.74 Å². The van der Waals surface area contributed by atoms with Crippen LogP contribution in [0.5, 0.6) is 5.88 Å². The van der Waals surface area contributed by atoms with Gasteiger partial charge in [-0.05, 0) is 25.3 Å². The Balaban J connectivity index is 1.92. The molecule has 3 nitrogen and oxygen atoms in total. The lowest BCUT2D eigenvalue weighted by Gasteiger charge is -2.12. The molecular weight excluding hydrogens is 188 g/mol. The van der Waals surface area contributed by atoms with Crippen LogP contribution >= 0.6 is 0 Å². The Morgan fingerprint density at radius 2 is 2.40 bits per heavy atom. The van der Waals surface area contributed by atoms with Crippen LogP contribution in [0.2, 0.25) is 0 Å². The van der Waals surface area contributed by atoms with Crippen molar-refractivity contribution in [3.63, 3.8) is 0 Å². The van der Waals surface area contributed by atoms with Gasteiger partial charge in [-0.2, -0.15) is 0 Å². The number of aromatic nitrogens is 1. The smallest absolute Gasteiger partial charge is 0.218 e. The molecule has 0 bridgehead atoms. The minimum Gasteiger partial charge on any atom is -0.477 e. The molecule has 1 heterocycles. The van der Waals surface area contributed by atoms with E-state index >= 15 is 0 Å². The topological polar surface area (TPSA) is 48.1 Å². The van der Waals surface area contributed by atoms with E-state index in [2.05, 4.69) is 4.98 Å². The molecule has 1 aromatic rings. The lowest BCUT2D eigenvalue weighted by atomic mass is 10.1. The van der Waals surface area contributed by atoms with Crippen LogP contribution < -0.4 is 10.5 Å². The molecule has 2 N–H and O–H groups in total. The molecule has 0 unspecified atom stereocenters. The second-order valence-corrected chi connectivity index (χ2v) is 4.27. The van der Waals surface area contributed by atoms with Gasteiger partial charge in [0.05, 0.1) is 6.61 Å². The van der Waals surface area contributed by atoms with Crippen molar-refractivity contribution in [1.29, 1.82) is 0 Å². The van der Waals surface area contributed by atoms with E-state index in [1.807, 2.05) is 19.1 Å². The van der Waals surface area contributed by atoms with E-state index in [-0.39, 0.29) is 6.04 Å². The van der Waals surface area contributed by atoms with Crippen LogP contribution in [0.3, 0.4) is 0 Å². The van der Waals surface area contributed by atoms with E-state index in [1.54, 1.807) is 6.20 Å². The molecule has 82 valence electrons. The maximum atomic E-state index is 5.84. The number of rotatable bonds is 5. The Labute approximate surface area is 90.7 Å². The summed E-state index contributed by atoms with van der Waals surface area (Å²) in [4.78, 5) is 4.21. The van der Waals surface area contributed by atoms with Gasteiger partial charge in [0.25, 0.3) is 0 Å². The van der Waals surface area contributed by atoms with Crippen molar-refractivity contribution in [2.45, 2.75) is 32.2 Å². The van der Waals surface area contributed by atoms with Gasteiger partial charge in [-0.3, -0.25) is 0 Å². The molecule has 3 heteroatoms. The summed E-state index contributed by atoms with van der Waals surface area (Å²) < 4.78 is 5.66. The summed E-state index contributed by atoms with van der Waals surface area (Å²) >= 11 is 0. The van der Waals surface area contributed by atoms with Crippen LogP contribution in [0, 0.1) is 5.92 Å². The van der Waals surface area contributed by atoms with Gasteiger partial charge >= 0.3 is 0 Å². The van der Waals surface area contributed by atoms with Gasteiger partial charge in [-0.15, -0.1) is 0 Å². The lowest BCUT2D eigenvalue weighted by molar-refractivity contribution is 0.287. The van der Waals surface area contributed by atoms with Gasteiger partial charge in [0.1, 0.15) is 0 Å². The fraction of sp³-hybridized carbons (Fsp3) is 0.583. The lowest BCUT2D eigenvalue weighted by Crippen LogP contribution is -2.10. The molecule has 1 aliphatic carbocycles. The summed E-state index contributed by atoms with van der Waals surface area (Å²) in [6.07, 6.45) is 5.63. The maximum Gasteiger partial charge on any atom is 0.218 e. The molecule has 0 spiro atoms. The van der Waals surface area contributed by atoms with E-state index in [9.17, 15) is 0 Å². The van der Waals surface area contributed by atoms with Crippen molar-refractivity contribution in [2.75, 3.05) is 6.61 Å². The number of hydrogen-bond acceptors (Lipinski definition) is 3. The summed E-state index contributed by atoms with van der Waals surface area (Å²) in [5.74, 6) is 1.60. The van der Waals surface area contributed by atoms with Gasteiger partial charge in [0.15, 0.2) is 0 Å². The highest BCUT2D eigenvalue weighted by molar-refractivity contribution is 5.28. The zero-order chi connectivity index (χ0) is 10.7. The molecule has 15 heavy (non-hydrogen) atoms. The van der Waals surface area contributed by atoms with Crippen molar-refractivity contribution >= 4 is 0 Å². The highest BCUT2D eigenvalue weighted by Crippen LogP contribution is 2.32. The van der Waals surface area contributed by atoms with Crippen LogP contribution in [0.25, 0.3) is 0 Å². The Morgan fingerprint density at radius 1 is 1.60 bits per heavy atom. The van der Waals surface area contributed by atoms with Gasteiger partial charge < -0.3 is 10.5 Å². The number of nitrogens with zero attached hydrogens (tertiary/aromatic N) is 1. The Hall–Kier alpha value is -1.09. The van der Waals surface area contributed by atoms with Crippen LogP contribution in [0.1, 0.15) is 37.8 Å². The standard InChI is InChI=1S/C12H18N2O/c1-9(13)11-3-2-7-14-12(11)15-8-6-10-4-5-10/h2-3,7,9-10H,4-6,8,13H2,1H3/t9-/m1/s1. The monoisotopic (exact) mass is 206 g/mol. The Morgan fingerprint density at radius 3 is 3.07 bits per heavy atom. The van der Waals surface area contributed by atoms with Crippen molar-refractivity contribution in [3.8, 4) is 5.88 Å². The van der Waals surface area contributed by atoms with E-state index in [0.717, 1.165) is 24.5 Å². The molecule has 0 amide bonds. The normalized spacial score (nSPS) is 17.5. The summed E-state index contributed by atoms with van der Waals surface area (Å²) in [5, 5.41) is 0. The molecule has 1 aliphatic rings. The van der Waals surface area contributed by atoms with E-state index in [4.69, 9.17) is 10.5 Å². The van der Waals surface area contributed by atoms with Crippen LogP contribution in [-0.4, -0.2) is 11.6 Å². The molecular formula is C12H18N2O. The van der Waals surface area contributed by atoms with Crippen LogP contribution in [0.15, 0.2) is 18.3 Å². The quantitative estimate of drug-likeness (QED) is 0.804. The molecule has 1 saturated carbocycles. The van der Waals surface area contributed by atoms with Gasteiger partial charge in [0, 0.05) is 17.8 Å². The third kappa shape index (κ3) is 2.93. The number of ether oxygens (including phenoxy) is 1. The highest BCUT2D eigenvalue weighted by Gasteiger charge is 2.21. The molecule has 1 aromatic heterocycles. The number of nitrogens with two attached hydrogens (primary N) is 1. The molecule has 1 atom stereocenters. The first-order valence-corrected chi connectivity index (χ1v) is 5.60. The Kier molecular flexibility index (Phi) is 3.21.